The molecule has 0 aliphatic rings. The first kappa shape index (κ1) is 15.1. The van der Waals surface area contributed by atoms with Gasteiger partial charge in [-0.25, -0.2) is 4.79 Å². The molecule has 0 fully saturated rings. The van der Waals surface area contributed by atoms with Gasteiger partial charge in [-0.15, -0.1) is 0 Å². The topological polar surface area (TPSA) is 107 Å². The van der Waals surface area contributed by atoms with Gasteiger partial charge in [-0.05, 0) is 35.9 Å². The summed E-state index contributed by atoms with van der Waals surface area (Å²) in [5, 5.41) is 30.0. The van der Waals surface area contributed by atoms with Crippen LogP contribution in [0.15, 0.2) is 48.5 Å². The van der Waals surface area contributed by atoms with Crippen LogP contribution >= 0.6 is 0 Å². The van der Waals surface area contributed by atoms with Crippen molar-refractivity contribution in [2.75, 3.05) is 5.32 Å². The van der Waals surface area contributed by atoms with Gasteiger partial charge in [0.1, 0.15) is 11.5 Å². The van der Waals surface area contributed by atoms with E-state index < -0.39 is 11.9 Å². The zero-order valence-electron chi connectivity index (χ0n) is 11.4. The van der Waals surface area contributed by atoms with Crippen LogP contribution in [0, 0.1) is 0 Å². The highest BCUT2D eigenvalue weighted by atomic mass is 16.4. The molecule has 1 amide bonds. The van der Waals surface area contributed by atoms with E-state index in [2.05, 4.69) is 5.32 Å². The number of carbonyl (C=O) groups excluding carboxylic acids is 1. The Morgan fingerprint density at radius 2 is 1.59 bits per heavy atom. The first-order valence-electron chi connectivity index (χ1n) is 6.30. The third-order valence-corrected chi connectivity index (χ3v) is 2.81. The molecule has 112 valence electrons. The van der Waals surface area contributed by atoms with Crippen molar-refractivity contribution in [2.24, 2.45) is 0 Å². The zero-order chi connectivity index (χ0) is 16.1. The first-order chi connectivity index (χ1) is 10.5. The molecule has 22 heavy (non-hydrogen) atoms. The van der Waals surface area contributed by atoms with Crippen molar-refractivity contribution in [1.29, 1.82) is 0 Å². The van der Waals surface area contributed by atoms with Gasteiger partial charge in [0.15, 0.2) is 0 Å². The van der Waals surface area contributed by atoms with E-state index in [1.807, 2.05) is 0 Å². The van der Waals surface area contributed by atoms with E-state index in [4.69, 9.17) is 10.2 Å². The van der Waals surface area contributed by atoms with Gasteiger partial charge in [-0.3, -0.25) is 4.79 Å². The van der Waals surface area contributed by atoms with Crippen molar-refractivity contribution in [3.05, 3.63) is 59.7 Å². The molecule has 0 aliphatic heterocycles. The monoisotopic (exact) mass is 299 g/mol. The van der Waals surface area contributed by atoms with Gasteiger partial charge in [0.2, 0.25) is 5.91 Å². The number of aromatic carboxylic acids is 1. The lowest BCUT2D eigenvalue weighted by molar-refractivity contribution is -0.111. The van der Waals surface area contributed by atoms with E-state index >= 15 is 0 Å². The molecular weight excluding hydrogens is 286 g/mol. The minimum Gasteiger partial charge on any atom is -0.508 e. The van der Waals surface area contributed by atoms with Crippen molar-refractivity contribution in [2.45, 2.75) is 0 Å². The highest BCUT2D eigenvalue weighted by Crippen LogP contribution is 2.22. The van der Waals surface area contributed by atoms with Gasteiger partial charge in [-0.1, -0.05) is 12.1 Å². The largest absolute Gasteiger partial charge is 0.508 e. The van der Waals surface area contributed by atoms with Gasteiger partial charge >= 0.3 is 5.97 Å². The number of nitrogens with one attached hydrogen (secondary N) is 1. The van der Waals surface area contributed by atoms with Gasteiger partial charge in [0.25, 0.3) is 0 Å². The fourth-order valence-electron chi connectivity index (χ4n) is 1.75. The Morgan fingerprint density at radius 3 is 2.23 bits per heavy atom. The van der Waals surface area contributed by atoms with Gasteiger partial charge in [0.05, 0.1) is 11.3 Å². The number of hydrogen-bond donors (Lipinski definition) is 4. The molecule has 0 heterocycles. The minimum atomic E-state index is -1.21. The molecule has 0 radical (unpaired) electrons. The SMILES string of the molecule is O=C(C=Cc1ccc(O)cc1)Nc1cc(O)ccc1C(=O)O. The number of phenols is 2. The van der Waals surface area contributed by atoms with Gasteiger partial charge < -0.3 is 20.6 Å². The van der Waals surface area contributed by atoms with Crippen LogP contribution in [0.2, 0.25) is 0 Å². The Bertz CT molecular complexity index is 735. The van der Waals surface area contributed by atoms with Crippen molar-refractivity contribution in [1.82, 2.24) is 0 Å². The van der Waals surface area contributed by atoms with E-state index in [9.17, 15) is 14.7 Å². The number of carbonyl (C=O) groups is 2. The predicted octanol–water partition coefficient (Wildman–Crippen LogP) is 2.45. The zero-order valence-corrected chi connectivity index (χ0v) is 11.4. The number of carboxylic acid groups (broad SMARTS) is 1. The minimum absolute atomic E-state index is 0.00727. The number of amides is 1. The van der Waals surface area contributed by atoms with Crippen molar-refractivity contribution >= 4 is 23.6 Å². The average molecular weight is 299 g/mol. The van der Waals surface area contributed by atoms with Crippen LogP contribution in [-0.2, 0) is 4.79 Å². The third kappa shape index (κ3) is 3.86. The van der Waals surface area contributed by atoms with Crippen LogP contribution in [0.1, 0.15) is 15.9 Å². The molecule has 0 spiro atoms. The number of hydrogen-bond acceptors (Lipinski definition) is 4. The fraction of sp³-hybridized carbons (Fsp3) is 0. The van der Waals surface area contributed by atoms with Crippen LogP contribution in [0.25, 0.3) is 6.08 Å². The number of benzene rings is 2. The summed E-state index contributed by atoms with van der Waals surface area (Å²) in [5.74, 6) is -1.78. The first-order valence-corrected chi connectivity index (χ1v) is 6.30. The smallest absolute Gasteiger partial charge is 0.337 e. The van der Waals surface area contributed by atoms with Crippen molar-refractivity contribution in [3.63, 3.8) is 0 Å². The van der Waals surface area contributed by atoms with Gasteiger partial charge in [0, 0.05) is 12.1 Å². The molecule has 6 heteroatoms. The Balaban J connectivity index is 2.13. The predicted molar refractivity (Wildman–Crippen MR) is 80.8 cm³/mol. The lowest BCUT2D eigenvalue weighted by atomic mass is 10.1. The van der Waals surface area contributed by atoms with E-state index in [-0.39, 0.29) is 22.7 Å². The Morgan fingerprint density at radius 1 is 0.955 bits per heavy atom. The summed E-state index contributed by atoms with van der Waals surface area (Å²) in [6.45, 7) is 0. The normalized spacial score (nSPS) is 10.5. The molecule has 0 unspecified atom stereocenters. The maximum atomic E-state index is 11.8. The Labute approximate surface area is 126 Å². The summed E-state index contributed by atoms with van der Waals surface area (Å²) in [6.07, 6.45) is 2.74. The van der Waals surface area contributed by atoms with Crippen molar-refractivity contribution in [3.8, 4) is 11.5 Å². The molecule has 4 N–H and O–H groups in total. The second kappa shape index (κ2) is 6.45. The maximum absolute atomic E-state index is 11.8. The number of carboxylic acids is 1. The molecule has 0 aromatic heterocycles. The number of aromatic hydroxyl groups is 2. The van der Waals surface area contributed by atoms with Crippen LogP contribution in [0.3, 0.4) is 0 Å². The van der Waals surface area contributed by atoms with Crippen molar-refractivity contribution < 1.29 is 24.9 Å². The summed E-state index contributed by atoms with van der Waals surface area (Å²) in [5.41, 5.74) is 0.583. The highest BCUT2D eigenvalue weighted by Gasteiger charge is 2.12. The summed E-state index contributed by atoms with van der Waals surface area (Å²) >= 11 is 0. The molecule has 2 aromatic carbocycles. The molecule has 0 saturated heterocycles. The highest BCUT2D eigenvalue weighted by molar-refractivity contribution is 6.06. The molecular formula is C16H13NO5. The molecule has 2 aromatic rings. The number of phenolic OH excluding ortho intramolecular Hbond substituents is 2. The lowest BCUT2D eigenvalue weighted by Crippen LogP contribution is -2.11. The van der Waals surface area contributed by atoms with Crippen LogP contribution < -0.4 is 5.32 Å². The van der Waals surface area contributed by atoms with E-state index in [0.29, 0.717) is 5.56 Å². The molecule has 6 nitrogen and oxygen atoms in total. The molecule has 2 rings (SSSR count). The number of anilines is 1. The molecule has 0 saturated carbocycles. The molecule has 0 bridgehead atoms. The Hall–Kier alpha value is -3.28. The molecule has 0 atom stereocenters. The molecule has 0 aliphatic carbocycles. The van der Waals surface area contributed by atoms with Crippen LogP contribution in [-0.4, -0.2) is 27.2 Å². The average Bonchev–Trinajstić information content (AvgIpc) is 2.46. The summed E-state index contributed by atoms with van der Waals surface area (Å²) in [7, 11) is 0. The summed E-state index contributed by atoms with van der Waals surface area (Å²) < 4.78 is 0. The van der Waals surface area contributed by atoms with Gasteiger partial charge in [-0.2, -0.15) is 0 Å². The van der Waals surface area contributed by atoms with E-state index in [1.165, 1.54) is 36.4 Å². The number of rotatable bonds is 4. The second-order valence-corrected chi connectivity index (χ2v) is 4.45. The van der Waals surface area contributed by atoms with E-state index in [1.54, 1.807) is 12.1 Å². The maximum Gasteiger partial charge on any atom is 0.337 e. The quantitative estimate of drug-likeness (QED) is 0.649. The van der Waals surface area contributed by atoms with Crippen LogP contribution in [0.4, 0.5) is 5.69 Å². The standard InChI is InChI=1S/C16H13NO5/c18-11-4-1-10(2-5-11)3-8-15(20)17-14-9-12(19)6-7-13(14)16(21)22/h1-9,18-19H,(H,17,20)(H,21,22). The Kier molecular flexibility index (Phi) is 4.43. The third-order valence-electron chi connectivity index (χ3n) is 2.81. The fourth-order valence-corrected chi connectivity index (χ4v) is 1.75. The summed E-state index contributed by atoms with van der Waals surface area (Å²) in [4.78, 5) is 22.9. The second-order valence-electron chi connectivity index (χ2n) is 4.45. The lowest BCUT2D eigenvalue weighted by Gasteiger charge is -2.07. The summed E-state index contributed by atoms with van der Waals surface area (Å²) in [6, 6.07) is 9.80. The van der Waals surface area contributed by atoms with E-state index in [0.717, 1.165) is 6.07 Å². The van der Waals surface area contributed by atoms with Crippen LogP contribution in [0.5, 0.6) is 11.5 Å².